The molecular formula is C17H30N2O5Si. The van der Waals surface area contributed by atoms with E-state index in [1.807, 2.05) is 0 Å². The zero-order valence-corrected chi connectivity index (χ0v) is 16.8. The highest BCUT2D eigenvalue weighted by Crippen LogP contribution is 2.40. The summed E-state index contributed by atoms with van der Waals surface area (Å²) in [6.07, 6.45) is 1.99. The molecule has 0 spiro atoms. The van der Waals surface area contributed by atoms with Crippen molar-refractivity contribution < 1.29 is 23.5 Å². The lowest BCUT2D eigenvalue weighted by Gasteiger charge is -2.44. The maximum atomic E-state index is 12.1. The molecule has 25 heavy (non-hydrogen) atoms. The Bertz CT molecular complexity index is 537. The van der Waals surface area contributed by atoms with Gasteiger partial charge in [-0.1, -0.05) is 19.9 Å². The lowest BCUT2D eigenvalue weighted by atomic mass is 9.98. The Labute approximate surface area is 150 Å². The van der Waals surface area contributed by atoms with Gasteiger partial charge in [-0.05, 0) is 13.1 Å². The van der Waals surface area contributed by atoms with Crippen molar-refractivity contribution in [3.8, 4) is 0 Å². The first-order chi connectivity index (χ1) is 11.6. The molecule has 2 aliphatic heterocycles. The molecular weight excluding hydrogens is 340 g/mol. The summed E-state index contributed by atoms with van der Waals surface area (Å²) in [7, 11) is -0.841. The number of piperidine rings is 1. The molecule has 2 heterocycles. The van der Waals surface area contributed by atoms with Gasteiger partial charge in [-0.2, -0.15) is 0 Å². The van der Waals surface area contributed by atoms with E-state index in [9.17, 15) is 9.59 Å². The Morgan fingerprint density at radius 2 is 2.16 bits per heavy atom. The number of esters is 1. The van der Waals surface area contributed by atoms with Gasteiger partial charge in [0.2, 0.25) is 0 Å². The minimum Gasteiger partial charge on any atom is -0.467 e. The Hall–Kier alpha value is -1.38. The number of rotatable bonds is 8. The minimum atomic E-state index is -2.19. The van der Waals surface area contributed by atoms with Crippen LogP contribution in [0.5, 0.6) is 0 Å². The summed E-state index contributed by atoms with van der Waals surface area (Å²) in [5.41, 5.74) is 0. The second kappa shape index (κ2) is 7.47. The third-order valence-electron chi connectivity index (χ3n) is 5.49. The Balaban J connectivity index is 2.10. The van der Waals surface area contributed by atoms with Crippen LogP contribution in [0.15, 0.2) is 12.7 Å². The molecule has 0 unspecified atom stereocenters. The number of fused-ring (bicyclic) bond motifs is 2. The predicted molar refractivity (Wildman–Crippen MR) is 96.9 cm³/mol. The van der Waals surface area contributed by atoms with Gasteiger partial charge in [-0.15, -0.1) is 6.58 Å². The fraction of sp³-hybridized carbons (Fsp3) is 0.765. The summed E-state index contributed by atoms with van der Waals surface area (Å²) < 4.78 is 17.1. The third kappa shape index (κ3) is 4.07. The number of nitrogens with zero attached hydrogens (tertiary/aromatic N) is 1. The second-order valence-electron chi connectivity index (χ2n) is 7.84. The number of amides is 2. The molecule has 0 aromatic carbocycles. The van der Waals surface area contributed by atoms with Crippen LogP contribution in [0, 0.1) is 0 Å². The first-order valence-corrected chi connectivity index (χ1v) is 11.5. The maximum absolute atomic E-state index is 12.1. The van der Waals surface area contributed by atoms with Crippen molar-refractivity contribution in [1.82, 2.24) is 10.2 Å². The minimum absolute atomic E-state index is 0.0925. The van der Waals surface area contributed by atoms with Crippen LogP contribution < -0.4 is 5.32 Å². The van der Waals surface area contributed by atoms with E-state index in [0.717, 1.165) is 0 Å². The SMILES string of the molecule is C=CCOCC(C)(C)[Si](C)(C)O[C@H]1C[C@@H](C(=O)OC)N2C[C@@H]1NC2=O. The number of carbonyl (C=O) groups is 2. The smallest absolute Gasteiger partial charge is 0.328 e. The van der Waals surface area contributed by atoms with Crippen molar-refractivity contribution in [2.24, 2.45) is 0 Å². The standard InChI is InChI=1S/C17H30N2O5Si/c1-7-8-23-11-17(2,3)25(5,6)24-14-9-13(15(20)22-4)19-10-12(14)18-16(19)21/h7,12-14H,1,8-11H2,2-6H3,(H,18,21)/t12-,13-,14-/m0/s1. The van der Waals surface area contributed by atoms with Crippen LogP contribution >= 0.6 is 0 Å². The lowest BCUT2D eigenvalue weighted by Crippen LogP contribution is -2.56. The molecule has 2 amide bonds. The summed E-state index contributed by atoms with van der Waals surface area (Å²) in [4.78, 5) is 25.7. The molecule has 1 N–H and O–H groups in total. The number of carbonyl (C=O) groups excluding carboxylic acids is 2. The topological polar surface area (TPSA) is 77.1 Å². The number of urea groups is 1. The number of ether oxygens (including phenoxy) is 2. The molecule has 3 atom stereocenters. The molecule has 0 aliphatic carbocycles. The normalized spacial score (nSPS) is 26.4. The zero-order chi connectivity index (χ0) is 18.8. The highest BCUT2D eigenvalue weighted by molar-refractivity contribution is 6.74. The van der Waals surface area contributed by atoms with Gasteiger partial charge in [-0.3, -0.25) is 0 Å². The maximum Gasteiger partial charge on any atom is 0.328 e. The quantitative estimate of drug-likeness (QED) is 0.306. The molecule has 0 aromatic rings. The van der Waals surface area contributed by atoms with Crippen molar-refractivity contribution in [2.75, 3.05) is 26.9 Å². The van der Waals surface area contributed by atoms with Crippen LogP contribution in [-0.2, 0) is 18.7 Å². The van der Waals surface area contributed by atoms with Crippen molar-refractivity contribution in [3.63, 3.8) is 0 Å². The highest BCUT2D eigenvalue weighted by atomic mass is 28.4. The molecule has 0 aromatic heterocycles. The van der Waals surface area contributed by atoms with Crippen LogP contribution in [0.25, 0.3) is 0 Å². The van der Waals surface area contributed by atoms with Crippen molar-refractivity contribution in [3.05, 3.63) is 12.7 Å². The van der Waals surface area contributed by atoms with E-state index in [-0.39, 0.29) is 23.2 Å². The molecule has 7 nitrogen and oxygen atoms in total. The van der Waals surface area contributed by atoms with Gasteiger partial charge in [0.05, 0.1) is 32.5 Å². The van der Waals surface area contributed by atoms with Crippen molar-refractivity contribution in [2.45, 2.75) is 56.6 Å². The highest BCUT2D eigenvalue weighted by Gasteiger charge is 2.51. The summed E-state index contributed by atoms with van der Waals surface area (Å²) in [6, 6.07) is -0.900. The van der Waals surface area contributed by atoms with Gasteiger partial charge in [0.1, 0.15) is 6.04 Å². The molecule has 2 aliphatic rings. The predicted octanol–water partition coefficient (Wildman–Crippen LogP) is 1.90. The fourth-order valence-corrected chi connectivity index (χ4v) is 4.96. The van der Waals surface area contributed by atoms with E-state index >= 15 is 0 Å². The summed E-state index contributed by atoms with van der Waals surface area (Å²) >= 11 is 0. The lowest BCUT2D eigenvalue weighted by molar-refractivity contribution is -0.147. The average Bonchev–Trinajstić information content (AvgIpc) is 2.86. The van der Waals surface area contributed by atoms with Crippen molar-refractivity contribution in [1.29, 1.82) is 0 Å². The third-order valence-corrected chi connectivity index (χ3v) is 9.79. The second-order valence-corrected chi connectivity index (χ2v) is 12.4. The van der Waals surface area contributed by atoms with Crippen molar-refractivity contribution >= 4 is 20.3 Å². The van der Waals surface area contributed by atoms with E-state index in [2.05, 4.69) is 38.8 Å². The van der Waals surface area contributed by atoms with Crippen LogP contribution in [0.1, 0.15) is 20.3 Å². The molecule has 8 heteroatoms. The largest absolute Gasteiger partial charge is 0.467 e. The van der Waals surface area contributed by atoms with Gasteiger partial charge >= 0.3 is 12.0 Å². The summed E-state index contributed by atoms with van der Waals surface area (Å²) in [5, 5.41) is 2.80. The zero-order valence-electron chi connectivity index (χ0n) is 15.8. The molecule has 2 rings (SSSR count). The van der Waals surface area contributed by atoms with Crippen LogP contribution in [0.2, 0.25) is 18.1 Å². The van der Waals surface area contributed by atoms with Crippen LogP contribution in [0.3, 0.4) is 0 Å². The number of methoxy groups -OCH3 is 1. The summed E-state index contributed by atoms with van der Waals surface area (Å²) in [5.74, 6) is -0.392. The molecule has 0 saturated carbocycles. The monoisotopic (exact) mass is 370 g/mol. The van der Waals surface area contributed by atoms with Crippen LogP contribution in [-0.4, -0.2) is 70.3 Å². The van der Waals surface area contributed by atoms with E-state index in [4.69, 9.17) is 13.9 Å². The van der Waals surface area contributed by atoms with Gasteiger partial charge in [-0.25, -0.2) is 9.59 Å². The molecule has 2 fully saturated rings. The van der Waals surface area contributed by atoms with Gasteiger partial charge < -0.3 is 24.1 Å². The number of hydrogen-bond acceptors (Lipinski definition) is 5. The average molecular weight is 371 g/mol. The molecule has 2 saturated heterocycles. The summed E-state index contributed by atoms with van der Waals surface area (Å²) in [6.45, 7) is 13.8. The van der Waals surface area contributed by atoms with Crippen LogP contribution in [0.4, 0.5) is 4.79 Å². The van der Waals surface area contributed by atoms with E-state index < -0.39 is 20.3 Å². The van der Waals surface area contributed by atoms with Gasteiger partial charge in [0, 0.05) is 18.0 Å². The number of nitrogens with one attached hydrogen (secondary N) is 1. The molecule has 0 radical (unpaired) electrons. The van der Waals surface area contributed by atoms with E-state index in [1.165, 1.54) is 7.11 Å². The van der Waals surface area contributed by atoms with E-state index in [1.54, 1.807) is 11.0 Å². The first kappa shape index (κ1) is 19.9. The Morgan fingerprint density at radius 3 is 2.76 bits per heavy atom. The first-order valence-electron chi connectivity index (χ1n) is 8.64. The van der Waals surface area contributed by atoms with E-state index in [0.29, 0.717) is 26.2 Å². The van der Waals surface area contributed by atoms with Gasteiger partial charge in [0.25, 0.3) is 0 Å². The molecule has 2 bridgehead atoms. The Kier molecular flexibility index (Phi) is 5.96. The molecule has 142 valence electrons. The van der Waals surface area contributed by atoms with Gasteiger partial charge in [0.15, 0.2) is 8.32 Å². The fourth-order valence-electron chi connectivity index (χ4n) is 3.17. The number of hydrogen-bond donors (Lipinski definition) is 1. The Morgan fingerprint density at radius 1 is 1.48 bits per heavy atom.